The van der Waals surface area contributed by atoms with Crippen LogP contribution in [0.3, 0.4) is 0 Å². The Kier molecular flexibility index (Phi) is 2.86. The lowest BCUT2D eigenvalue weighted by Crippen LogP contribution is -2.16. The zero-order valence-electron chi connectivity index (χ0n) is 11.4. The zero-order chi connectivity index (χ0) is 14.9. The molecule has 1 aliphatic heterocycles. The molecule has 1 amide bonds. The van der Waals surface area contributed by atoms with Gasteiger partial charge in [0.15, 0.2) is 11.5 Å². The topological polar surface area (TPSA) is 77.3 Å². The van der Waals surface area contributed by atoms with E-state index in [0.717, 1.165) is 11.3 Å². The number of anilines is 1. The quantitative estimate of drug-likeness (QED) is 0.786. The summed E-state index contributed by atoms with van der Waals surface area (Å²) in [6.45, 7) is 0.256. The molecule has 4 rings (SSSR count). The number of carbonyl (C=O) groups is 1. The average Bonchev–Trinajstić information content (AvgIpc) is 3.00. The highest BCUT2D eigenvalue weighted by Gasteiger charge is 2.28. The van der Waals surface area contributed by atoms with Crippen molar-refractivity contribution in [3.63, 3.8) is 0 Å². The molecule has 1 aromatic carbocycles. The number of fused-ring (bicyclic) bond motifs is 3. The Morgan fingerprint density at radius 3 is 2.95 bits per heavy atom. The minimum Gasteiger partial charge on any atom is -0.488 e. The highest BCUT2D eigenvalue weighted by atomic mass is 16.5. The van der Waals surface area contributed by atoms with E-state index in [-0.39, 0.29) is 18.2 Å². The lowest BCUT2D eigenvalue weighted by Gasteiger charge is -2.15. The van der Waals surface area contributed by atoms with Crippen LogP contribution in [0.2, 0.25) is 0 Å². The molecule has 0 atom stereocenters. The van der Waals surface area contributed by atoms with Crippen LogP contribution in [0.5, 0.6) is 5.75 Å². The van der Waals surface area contributed by atoms with Crippen LogP contribution < -0.4 is 10.1 Å². The number of ether oxygens (including phenoxy) is 1. The third-order valence-electron chi connectivity index (χ3n) is 3.43. The van der Waals surface area contributed by atoms with E-state index in [1.54, 1.807) is 24.5 Å². The maximum atomic E-state index is 12.3. The Morgan fingerprint density at radius 1 is 1.18 bits per heavy atom. The summed E-state index contributed by atoms with van der Waals surface area (Å²) >= 11 is 0. The smallest absolute Gasteiger partial charge is 0.278 e. The van der Waals surface area contributed by atoms with Crippen molar-refractivity contribution in [1.29, 1.82) is 0 Å². The van der Waals surface area contributed by atoms with E-state index in [9.17, 15) is 4.79 Å². The molecule has 0 saturated heterocycles. The Hall–Kier alpha value is -3.15. The third kappa shape index (κ3) is 2.01. The van der Waals surface area contributed by atoms with Crippen LogP contribution in [0.25, 0.3) is 11.3 Å². The van der Waals surface area contributed by atoms with E-state index >= 15 is 0 Å². The number of hydrogen-bond acceptors (Lipinski definition) is 5. The van der Waals surface area contributed by atoms with Crippen LogP contribution in [-0.2, 0) is 6.61 Å². The SMILES string of the molecule is O=C(Nc1cccnc1)c1noc2c1COc1ccccc1-2. The average molecular weight is 293 g/mol. The van der Waals surface area contributed by atoms with Crippen LogP contribution in [0, 0.1) is 0 Å². The molecule has 2 aromatic heterocycles. The molecule has 0 bridgehead atoms. The lowest BCUT2D eigenvalue weighted by molar-refractivity contribution is 0.101. The zero-order valence-corrected chi connectivity index (χ0v) is 11.4. The number of carbonyl (C=O) groups excluding carboxylic acids is 1. The maximum Gasteiger partial charge on any atom is 0.278 e. The van der Waals surface area contributed by atoms with E-state index in [1.807, 2.05) is 24.3 Å². The van der Waals surface area contributed by atoms with Gasteiger partial charge in [-0.05, 0) is 24.3 Å². The van der Waals surface area contributed by atoms with Crippen molar-refractivity contribution in [3.8, 4) is 17.1 Å². The van der Waals surface area contributed by atoms with Gasteiger partial charge in [-0.25, -0.2) is 0 Å². The number of benzene rings is 1. The Morgan fingerprint density at radius 2 is 2.09 bits per heavy atom. The number of para-hydroxylation sites is 1. The highest BCUT2D eigenvalue weighted by Crippen LogP contribution is 2.38. The number of rotatable bonds is 2. The van der Waals surface area contributed by atoms with Gasteiger partial charge in [0.25, 0.3) is 5.91 Å². The summed E-state index contributed by atoms with van der Waals surface area (Å²) in [4.78, 5) is 16.3. The molecule has 0 spiro atoms. The number of pyridine rings is 1. The van der Waals surface area contributed by atoms with Gasteiger partial charge in [0.1, 0.15) is 12.4 Å². The molecule has 1 N–H and O–H groups in total. The number of nitrogens with zero attached hydrogens (tertiary/aromatic N) is 2. The normalized spacial score (nSPS) is 12.0. The first-order valence-electron chi connectivity index (χ1n) is 6.75. The monoisotopic (exact) mass is 293 g/mol. The number of amides is 1. The first-order chi connectivity index (χ1) is 10.8. The summed E-state index contributed by atoms with van der Waals surface area (Å²) in [7, 11) is 0. The summed E-state index contributed by atoms with van der Waals surface area (Å²) in [6, 6.07) is 11.0. The van der Waals surface area contributed by atoms with Gasteiger partial charge in [-0.1, -0.05) is 17.3 Å². The van der Waals surface area contributed by atoms with E-state index in [4.69, 9.17) is 9.26 Å². The van der Waals surface area contributed by atoms with Gasteiger partial charge in [0, 0.05) is 6.20 Å². The van der Waals surface area contributed by atoms with Gasteiger partial charge >= 0.3 is 0 Å². The van der Waals surface area contributed by atoms with Gasteiger partial charge in [-0.15, -0.1) is 0 Å². The second-order valence-corrected chi connectivity index (χ2v) is 4.82. The molecular weight excluding hydrogens is 282 g/mol. The molecule has 0 fully saturated rings. The fraction of sp³-hybridized carbons (Fsp3) is 0.0625. The summed E-state index contributed by atoms with van der Waals surface area (Å²) in [6.07, 6.45) is 3.20. The molecule has 6 nitrogen and oxygen atoms in total. The Labute approximate surface area is 125 Å². The van der Waals surface area contributed by atoms with Crippen LogP contribution in [-0.4, -0.2) is 16.0 Å². The second kappa shape index (κ2) is 5.00. The largest absolute Gasteiger partial charge is 0.488 e. The van der Waals surface area contributed by atoms with E-state index < -0.39 is 0 Å². The van der Waals surface area contributed by atoms with Crippen molar-refractivity contribution < 1.29 is 14.1 Å². The standard InChI is InChI=1S/C16H11N3O3/c20-16(18-10-4-3-7-17-8-10)14-12-9-21-13-6-2-1-5-11(13)15(12)22-19-14/h1-8H,9H2,(H,18,20). The van der Waals surface area contributed by atoms with Gasteiger partial charge in [-0.3, -0.25) is 9.78 Å². The number of hydrogen-bond donors (Lipinski definition) is 1. The molecule has 22 heavy (non-hydrogen) atoms. The second-order valence-electron chi connectivity index (χ2n) is 4.82. The fourth-order valence-corrected chi connectivity index (χ4v) is 2.39. The first kappa shape index (κ1) is 12.6. The highest BCUT2D eigenvalue weighted by molar-refractivity contribution is 6.04. The summed E-state index contributed by atoms with van der Waals surface area (Å²) in [5, 5.41) is 6.64. The minimum atomic E-state index is -0.346. The van der Waals surface area contributed by atoms with Crippen molar-refractivity contribution in [2.45, 2.75) is 6.61 Å². The fourth-order valence-electron chi connectivity index (χ4n) is 2.39. The number of aromatic nitrogens is 2. The number of nitrogens with one attached hydrogen (secondary N) is 1. The van der Waals surface area contributed by atoms with E-state index in [0.29, 0.717) is 17.0 Å². The van der Waals surface area contributed by atoms with Gasteiger partial charge in [0.05, 0.1) is 23.0 Å². The third-order valence-corrected chi connectivity index (χ3v) is 3.43. The van der Waals surface area contributed by atoms with Crippen molar-refractivity contribution in [3.05, 3.63) is 60.0 Å². The Balaban J connectivity index is 1.69. The van der Waals surface area contributed by atoms with Crippen molar-refractivity contribution in [2.24, 2.45) is 0 Å². The summed E-state index contributed by atoms with van der Waals surface area (Å²) < 4.78 is 11.0. The van der Waals surface area contributed by atoms with Crippen LogP contribution in [0.1, 0.15) is 16.1 Å². The van der Waals surface area contributed by atoms with E-state index in [1.165, 1.54) is 0 Å². The summed E-state index contributed by atoms with van der Waals surface area (Å²) in [5.74, 6) is 0.963. The summed E-state index contributed by atoms with van der Waals surface area (Å²) in [5.41, 5.74) is 2.28. The van der Waals surface area contributed by atoms with Crippen LogP contribution in [0.4, 0.5) is 5.69 Å². The molecule has 0 saturated carbocycles. The predicted molar refractivity (Wildman–Crippen MR) is 78.5 cm³/mol. The molecule has 0 aliphatic carbocycles. The van der Waals surface area contributed by atoms with Crippen LogP contribution >= 0.6 is 0 Å². The predicted octanol–water partition coefficient (Wildman–Crippen LogP) is 2.88. The minimum absolute atomic E-state index is 0.230. The molecule has 3 aromatic rings. The molecular formula is C16H11N3O3. The molecule has 3 heterocycles. The molecule has 0 unspecified atom stereocenters. The van der Waals surface area contributed by atoms with Gasteiger partial charge in [-0.2, -0.15) is 0 Å². The molecule has 6 heteroatoms. The molecule has 1 aliphatic rings. The van der Waals surface area contributed by atoms with Crippen molar-refractivity contribution in [1.82, 2.24) is 10.1 Å². The maximum absolute atomic E-state index is 12.3. The van der Waals surface area contributed by atoms with Crippen molar-refractivity contribution >= 4 is 11.6 Å². The van der Waals surface area contributed by atoms with E-state index in [2.05, 4.69) is 15.5 Å². The molecule has 0 radical (unpaired) electrons. The Bertz CT molecular complexity index is 843. The van der Waals surface area contributed by atoms with Crippen LogP contribution in [0.15, 0.2) is 53.3 Å². The lowest BCUT2D eigenvalue weighted by atomic mass is 10.0. The van der Waals surface area contributed by atoms with Gasteiger partial charge < -0.3 is 14.6 Å². The van der Waals surface area contributed by atoms with Crippen molar-refractivity contribution in [2.75, 3.05) is 5.32 Å². The molecule has 108 valence electrons. The van der Waals surface area contributed by atoms with Gasteiger partial charge in [0.2, 0.25) is 0 Å². The first-order valence-corrected chi connectivity index (χ1v) is 6.75.